The fraction of sp³-hybridized carbons (Fsp3) is 0.263. The third kappa shape index (κ3) is 2.73. The van der Waals surface area contributed by atoms with Gasteiger partial charge in [-0.3, -0.25) is 9.78 Å². The standard InChI is InChI=1S/C19H18N2O/c1-3-15-6-8-16(9-7-15)18-5-4-10-21(18)19(22)17-11-14(2)12-20-13-17/h1,6-9,11-13,18H,4-5,10H2,2H3. The molecule has 1 aliphatic heterocycles. The van der Waals surface area contributed by atoms with Crippen LogP contribution in [0, 0.1) is 19.3 Å². The number of pyridine rings is 1. The maximum absolute atomic E-state index is 12.8. The smallest absolute Gasteiger partial charge is 0.255 e. The average molecular weight is 290 g/mol. The second kappa shape index (κ2) is 6.03. The molecule has 3 nitrogen and oxygen atoms in total. The van der Waals surface area contributed by atoms with Crippen molar-refractivity contribution in [2.24, 2.45) is 0 Å². The van der Waals surface area contributed by atoms with Crippen LogP contribution in [0.4, 0.5) is 0 Å². The lowest BCUT2D eigenvalue weighted by Crippen LogP contribution is -2.30. The summed E-state index contributed by atoms with van der Waals surface area (Å²) < 4.78 is 0. The van der Waals surface area contributed by atoms with Crippen LogP contribution in [0.25, 0.3) is 0 Å². The fourth-order valence-corrected chi connectivity index (χ4v) is 3.00. The van der Waals surface area contributed by atoms with Crippen LogP contribution in [-0.2, 0) is 0 Å². The Labute approximate surface area is 131 Å². The minimum atomic E-state index is 0.0553. The van der Waals surface area contributed by atoms with E-state index < -0.39 is 0 Å². The Kier molecular flexibility index (Phi) is 3.93. The number of amides is 1. The van der Waals surface area contributed by atoms with Gasteiger partial charge in [-0.15, -0.1) is 6.42 Å². The number of hydrogen-bond acceptors (Lipinski definition) is 2. The normalized spacial score (nSPS) is 17.3. The average Bonchev–Trinajstić information content (AvgIpc) is 3.04. The van der Waals surface area contributed by atoms with Gasteiger partial charge >= 0.3 is 0 Å². The zero-order chi connectivity index (χ0) is 15.5. The summed E-state index contributed by atoms with van der Waals surface area (Å²) in [5.41, 5.74) is 3.67. The molecule has 0 saturated carbocycles. The van der Waals surface area contributed by atoms with Gasteiger partial charge in [0.05, 0.1) is 11.6 Å². The number of rotatable bonds is 2. The predicted octanol–water partition coefficient (Wildman–Crippen LogP) is 3.35. The molecule has 0 aliphatic carbocycles. The minimum Gasteiger partial charge on any atom is -0.332 e. The second-order valence-corrected chi connectivity index (χ2v) is 5.67. The molecule has 0 radical (unpaired) electrons. The molecular formula is C19H18N2O. The quantitative estimate of drug-likeness (QED) is 0.795. The van der Waals surface area contributed by atoms with Crippen LogP contribution in [0.1, 0.15) is 45.9 Å². The van der Waals surface area contributed by atoms with E-state index in [1.165, 1.54) is 0 Å². The molecule has 22 heavy (non-hydrogen) atoms. The number of aromatic nitrogens is 1. The summed E-state index contributed by atoms with van der Waals surface area (Å²) in [6.45, 7) is 2.73. The van der Waals surface area contributed by atoms with Crippen LogP contribution >= 0.6 is 0 Å². The predicted molar refractivity (Wildman–Crippen MR) is 86.4 cm³/mol. The van der Waals surface area contributed by atoms with E-state index in [1.807, 2.05) is 42.2 Å². The monoisotopic (exact) mass is 290 g/mol. The largest absolute Gasteiger partial charge is 0.332 e. The highest BCUT2D eigenvalue weighted by atomic mass is 16.2. The third-order valence-electron chi connectivity index (χ3n) is 4.10. The lowest BCUT2D eigenvalue weighted by Gasteiger charge is -2.25. The number of likely N-dealkylation sites (tertiary alicyclic amines) is 1. The lowest BCUT2D eigenvalue weighted by atomic mass is 10.0. The van der Waals surface area contributed by atoms with Crippen LogP contribution < -0.4 is 0 Å². The van der Waals surface area contributed by atoms with Gasteiger partial charge in [-0.1, -0.05) is 18.1 Å². The number of aryl methyl sites for hydroxylation is 1. The SMILES string of the molecule is C#Cc1ccc(C2CCCN2C(=O)c2cncc(C)c2)cc1. The van der Waals surface area contributed by atoms with Gasteiger partial charge in [0.1, 0.15) is 0 Å². The Bertz CT molecular complexity index is 728. The summed E-state index contributed by atoms with van der Waals surface area (Å²) >= 11 is 0. The number of carbonyl (C=O) groups excluding carboxylic acids is 1. The first-order valence-electron chi connectivity index (χ1n) is 7.48. The van der Waals surface area contributed by atoms with Gasteiger partial charge in [-0.2, -0.15) is 0 Å². The van der Waals surface area contributed by atoms with E-state index in [9.17, 15) is 4.79 Å². The van der Waals surface area contributed by atoms with Gasteiger partial charge in [0, 0.05) is 24.5 Å². The summed E-state index contributed by atoms with van der Waals surface area (Å²) in [6.07, 6.45) is 10.8. The molecule has 0 N–H and O–H groups in total. The lowest BCUT2D eigenvalue weighted by molar-refractivity contribution is 0.0735. The molecule has 110 valence electrons. The summed E-state index contributed by atoms with van der Waals surface area (Å²) in [7, 11) is 0. The van der Waals surface area contributed by atoms with Gasteiger partial charge in [0.2, 0.25) is 0 Å². The number of nitrogens with zero attached hydrogens (tertiary/aromatic N) is 2. The van der Waals surface area contributed by atoms with Crippen LogP contribution in [0.2, 0.25) is 0 Å². The van der Waals surface area contributed by atoms with E-state index >= 15 is 0 Å². The fourth-order valence-electron chi connectivity index (χ4n) is 3.00. The number of carbonyl (C=O) groups is 1. The number of terminal acetylenes is 1. The van der Waals surface area contributed by atoms with E-state index in [-0.39, 0.29) is 11.9 Å². The van der Waals surface area contributed by atoms with Crippen molar-refractivity contribution in [2.75, 3.05) is 6.54 Å². The maximum atomic E-state index is 12.8. The first-order valence-corrected chi connectivity index (χ1v) is 7.48. The highest BCUT2D eigenvalue weighted by molar-refractivity contribution is 5.94. The van der Waals surface area contributed by atoms with Gasteiger partial charge < -0.3 is 4.90 Å². The molecule has 1 atom stereocenters. The van der Waals surface area contributed by atoms with E-state index in [4.69, 9.17) is 6.42 Å². The molecule has 1 saturated heterocycles. The Morgan fingerprint density at radius 2 is 2.09 bits per heavy atom. The Morgan fingerprint density at radius 1 is 1.32 bits per heavy atom. The summed E-state index contributed by atoms with van der Waals surface area (Å²) in [6, 6.07) is 9.95. The van der Waals surface area contributed by atoms with Crippen molar-refractivity contribution in [3.05, 3.63) is 65.0 Å². The molecule has 1 fully saturated rings. The molecule has 1 aromatic carbocycles. The zero-order valence-corrected chi connectivity index (χ0v) is 12.6. The van der Waals surface area contributed by atoms with Gasteiger partial charge in [-0.25, -0.2) is 0 Å². The van der Waals surface area contributed by atoms with Crippen LogP contribution in [0.5, 0.6) is 0 Å². The van der Waals surface area contributed by atoms with Gasteiger partial charge in [-0.05, 0) is 49.1 Å². The van der Waals surface area contributed by atoms with Crippen molar-refractivity contribution >= 4 is 5.91 Å². The summed E-state index contributed by atoms with van der Waals surface area (Å²) in [4.78, 5) is 18.8. The molecule has 2 heterocycles. The molecule has 0 bridgehead atoms. The first kappa shape index (κ1) is 14.3. The Morgan fingerprint density at radius 3 is 2.77 bits per heavy atom. The molecule has 2 aromatic rings. The van der Waals surface area contributed by atoms with E-state index in [1.54, 1.807) is 12.4 Å². The van der Waals surface area contributed by atoms with E-state index in [0.717, 1.165) is 36.1 Å². The molecule has 1 aromatic heterocycles. The molecule has 0 spiro atoms. The zero-order valence-electron chi connectivity index (χ0n) is 12.6. The van der Waals surface area contributed by atoms with Crippen LogP contribution in [0.15, 0.2) is 42.7 Å². The molecule has 1 unspecified atom stereocenters. The van der Waals surface area contributed by atoms with Crippen molar-refractivity contribution < 1.29 is 4.79 Å². The first-order chi connectivity index (χ1) is 10.7. The molecule has 1 amide bonds. The van der Waals surface area contributed by atoms with Gasteiger partial charge in [0.15, 0.2) is 0 Å². The van der Waals surface area contributed by atoms with Crippen molar-refractivity contribution in [2.45, 2.75) is 25.8 Å². The summed E-state index contributed by atoms with van der Waals surface area (Å²) in [5.74, 6) is 2.68. The minimum absolute atomic E-state index is 0.0553. The number of benzene rings is 1. The third-order valence-corrected chi connectivity index (χ3v) is 4.10. The van der Waals surface area contributed by atoms with Crippen molar-refractivity contribution in [3.8, 4) is 12.3 Å². The Hall–Kier alpha value is -2.60. The molecule has 3 rings (SSSR count). The topological polar surface area (TPSA) is 33.2 Å². The van der Waals surface area contributed by atoms with E-state index in [0.29, 0.717) is 5.56 Å². The van der Waals surface area contributed by atoms with E-state index in [2.05, 4.69) is 10.9 Å². The number of hydrogen-bond donors (Lipinski definition) is 0. The van der Waals surface area contributed by atoms with Crippen molar-refractivity contribution in [1.29, 1.82) is 0 Å². The van der Waals surface area contributed by atoms with Crippen LogP contribution in [-0.4, -0.2) is 22.3 Å². The van der Waals surface area contributed by atoms with Crippen molar-refractivity contribution in [1.82, 2.24) is 9.88 Å². The van der Waals surface area contributed by atoms with Crippen LogP contribution in [0.3, 0.4) is 0 Å². The highest BCUT2D eigenvalue weighted by Crippen LogP contribution is 2.33. The Balaban J connectivity index is 1.86. The summed E-state index contributed by atoms with van der Waals surface area (Å²) in [5, 5.41) is 0. The second-order valence-electron chi connectivity index (χ2n) is 5.67. The molecule has 1 aliphatic rings. The van der Waals surface area contributed by atoms with Gasteiger partial charge in [0.25, 0.3) is 5.91 Å². The maximum Gasteiger partial charge on any atom is 0.255 e. The molecular weight excluding hydrogens is 272 g/mol. The highest BCUT2D eigenvalue weighted by Gasteiger charge is 2.30. The van der Waals surface area contributed by atoms with Crippen molar-refractivity contribution in [3.63, 3.8) is 0 Å². The molecule has 3 heteroatoms.